The Morgan fingerprint density at radius 1 is 0.711 bits per heavy atom. The van der Waals surface area contributed by atoms with Crippen LogP contribution in [-0.2, 0) is 13.1 Å². The van der Waals surface area contributed by atoms with Gasteiger partial charge in [0.25, 0.3) is 0 Å². The van der Waals surface area contributed by atoms with E-state index in [0.29, 0.717) is 36.0 Å². The van der Waals surface area contributed by atoms with E-state index >= 15 is 0 Å². The van der Waals surface area contributed by atoms with Crippen LogP contribution in [0.5, 0.6) is 0 Å². The largest absolute Gasteiger partial charge is 0.369 e. The average molecular weight is 616 g/mol. The van der Waals surface area contributed by atoms with Gasteiger partial charge in [-0.2, -0.15) is 9.97 Å². The Morgan fingerprint density at radius 3 is 1.71 bits per heavy atom. The van der Waals surface area contributed by atoms with Crippen LogP contribution in [0.1, 0.15) is 44.1 Å². The van der Waals surface area contributed by atoms with Crippen LogP contribution in [0.25, 0.3) is 0 Å². The van der Waals surface area contributed by atoms with Crippen molar-refractivity contribution in [3.05, 3.63) is 125 Å². The molecule has 1 aliphatic rings. The fourth-order valence-electron chi connectivity index (χ4n) is 4.55. The normalized spacial score (nSPS) is 13.4. The molecule has 0 unspecified atom stereocenters. The minimum absolute atomic E-state index is 0.000435. The minimum Gasteiger partial charge on any atom is -0.369 e. The Bertz CT molecular complexity index is 1700. The molecule has 45 heavy (non-hydrogen) atoms. The number of carbonyl (C=O) groups is 2. The first-order valence-electron chi connectivity index (χ1n) is 14.2. The summed E-state index contributed by atoms with van der Waals surface area (Å²) >= 11 is 0. The van der Waals surface area contributed by atoms with Gasteiger partial charge in [0, 0.05) is 43.0 Å². The van der Waals surface area contributed by atoms with Crippen LogP contribution in [0.2, 0.25) is 0 Å². The number of hydrogen-bond donors (Lipinski definition) is 0. The highest BCUT2D eigenvalue weighted by Gasteiger charge is 2.22. The molecule has 11 nitrogen and oxygen atoms in total. The van der Waals surface area contributed by atoms with E-state index < -0.39 is 11.6 Å². The fourth-order valence-corrected chi connectivity index (χ4v) is 4.55. The molecule has 5 aromatic rings. The molecule has 1 fully saturated rings. The summed E-state index contributed by atoms with van der Waals surface area (Å²) in [5.74, 6) is -0.789. The molecule has 2 aromatic heterocycles. The SMILES string of the molecule is CN(C)Cc1nc(C(=O)c2ccc(F)cc2)no1.O=C(c1ccc(F)cc1)c1noc(CN2CCN(c3ccccc3)CC2)n1. The van der Waals surface area contributed by atoms with Crippen LogP contribution in [0.3, 0.4) is 0 Å². The summed E-state index contributed by atoms with van der Waals surface area (Å²) in [6, 6.07) is 20.8. The zero-order valence-electron chi connectivity index (χ0n) is 24.8. The third-order valence-corrected chi connectivity index (χ3v) is 6.86. The van der Waals surface area contributed by atoms with Crippen LogP contribution >= 0.6 is 0 Å². The Kier molecular flexibility index (Phi) is 10.1. The van der Waals surface area contributed by atoms with Gasteiger partial charge in [0.15, 0.2) is 0 Å². The van der Waals surface area contributed by atoms with Gasteiger partial charge in [-0.25, -0.2) is 8.78 Å². The summed E-state index contributed by atoms with van der Waals surface area (Å²) in [7, 11) is 3.71. The summed E-state index contributed by atoms with van der Waals surface area (Å²) in [4.78, 5) is 38.9. The molecule has 0 amide bonds. The highest BCUT2D eigenvalue weighted by molar-refractivity contribution is 6.06. The first kappa shape index (κ1) is 31.3. The number of anilines is 1. The van der Waals surface area contributed by atoms with Gasteiger partial charge < -0.3 is 18.8 Å². The standard InChI is InChI=1S/C20H19FN4O2.C12H12FN3O2/c21-16-8-6-15(7-9-16)19(26)20-22-18(27-23-20)14-24-10-12-25(13-11-24)17-4-2-1-3-5-17;1-16(2)7-10-14-12(15-18-10)11(17)8-3-5-9(13)6-4-8/h1-9H,10-14H2;3-6H,7H2,1-2H3. The lowest BCUT2D eigenvalue weighted by Crippen LogP contribution is -2.46. The van der Waals surface area contributed by atoms with Crippen molar-refractivity contribution in [2.24, 2.45) is 0 Å². The first-order chi connectivity index (χ1) is 21.7. The van der Waals surface area contributed by atoms with Crippen molar-refractivity contribution in [3.8, 4) is 0 Å². The molecule has 3 aromatic carbocycles. The van der Waals surface area contributed by atoms with E-state index in [-0.39, 0.29) is 23.2 Å². The topological polar surface area (TPSA) is 122 Å². The first-order valence-corrected chi connectivity index (χ1v) is 14.2. The predicted octanol–water partition coefficient (Wildman–Crippen LogP) is 4.26. The number of hydrogen-bond acceptors (Lipinski definition) is 11. The maximum absolute atomic E-state index is 13.0. The molecule has 1 aliphatic heterocycles. The summed E-state index contributed by atoms with van der Waals surface area (Å²) < 4.78 is 35.9. The van der Waals surface area contributed by atoms with Gasteiger partial charge in [-0.05, 0) is 74.8 Å². The molecule has 1 saturated heterocycles. The van der Waals surface area contributed by atoms with Crippen LogP contribution in [0, 0.1) is 11.6 Å². The van der Waals surface area contributed by atoms with Crippen LogP contribution in [0.15, 0.2) is 87.9 Å². The van der Waals surface area contributed by atoms with E-state index in [1.165, 1.54) is 54.2 Å². The Hall–Kier alpha value is -5.14. The Balaban J connectivity index is 0.000000194. The zero-order chi connectivity index (χ0) is 31.8. The van der Waals surface area contributed by atoms with E-state index in [4.69, 9.17) is 9.05 Å². The van der Waals surface area contributed by atoms with Crippen molar-refractivity contribution in [2.45, 2.75) is 13.1 Å². The lowest BCUT2D eigenvalue weighted by Gasteiger charge is -2.35. The zero-order valence-corrected chi connectivity index (χ0v) is 24.8. The number of halogens is 2. The third-order valence-electron chi connectivity index (χ3n) is 6.86. The number of rotatable bonds is 9. The lowest BCUT2D eigenvalue weighted by atomic mass is 10.1. The van der Waals surface area contributed by atoms with Crippen molar-refractivity contribution in [1.82, 2.24) is 30.1 Å². The van der Waals surface area contributed by atoms with Gasteiger partial charge in [-0.1, -0.05) is 28.5 Å². The van der Waals surface area contributed by atoms with E-state index in [1.807, 2.05) is 37.2 Å². The number of nitrogens with zero attached hydrogens (tertiary/aromatic N) is 7. The molecule has 13 heteroatoms. The number of ketones is 2. The Labute approximate surface area is 258 Å². The van der Waals surface area contributed by atoms with Crippen molar-refractivity contribution in [3.63, 3.8) is 0 Å². The summed E-state index contributed by atoms with van der Waals surface area (Å²) in [5.41, 5.74) is 1.89. The van der Waals surface area contributed by atoms with Crippen LogP contribution in [-0.4, -0.2) is 81.9 Å². The summed E-state index contributed by atoms with van der Waals surface area (Å²) in [6.45, 7) is 4.55. The molecule has 0 atom stereocenters. The molecular formula is C32H31F2N7O4. The fraction of sp³-hybridized carbons (Fsp3) is 0.250. The summed E-state index contributed by atoms with van der Waals surface area (Å²) in [5, 5.41) is 7.39. The minimum atomic E-state index is -0.395. The smallest absolute Gasteiger partial charge is 0.243 e. The van der Waals surface area contributed by atoms with Gasteiger partial charge in [-0.15, -0.1) is 0 Å². The van der Waals surface area contributed by atoms with E-state index in [0.717, 1.165) is 26.2 Å². The molecule has 0 radical (unpaired) electrons. The molecule has 232 valence electrons. The second-order valence-electron chi connectivity index (χ2n) is 10.5. The second kappa shape index (κ2) is 14.6. The predicted molar refractivity (Wildman–Crippen MR) is 160 cm³/mol. The van der Waals surface area contributed by atoms with Crippen LogP contribution in [0.4, 0.5) is 14.5 Å². The quantitative estimate of drug-likeness (QED) is 0.221. The number of aromatic nitrogens is 4. The lowest BCUT2D eigenvalue weighted by molar-refractivity contribution is 0.101. The van der Waals surface area contributed by atoms with Crippen molar-refractivity contribution < 1.29 is 27.4 Å². The number of piperazine rings is 1. The molecule has 3 heterocycles. The monoisotopic (exact) mass is 615 g/mol. The third kappa shape index (κ3) is 8.49. The Morgan fingerprint density at radius 2 is 1.20 bits per heavy atom. The highest BCUT2D eigenvalue weighted by atomic mass is 19.1. The van der Waals surface area contributed by atoms with E-state index in [2.05, 4.69) is 42.2 Å². The molecular weight excluding hydrogens is 584 g/mol. The number of carbonyl (C=O) groups excluding carboxylic acids is 2. The second-order valence-corrected chi connectivity index (χ2v) is 10.5. The molecule has 0 saturated carbocycles. The van der Waals surface area contributed by atoms with Gasteiger partial charge >= 0.3 is 0 Å². The van der Waals surface area contributed by atoms with E-state index in [9.17, 15) is 18.4 Å². The van der Waals surface area contributed by atoms with Gasteiger partial charge in [0.2, 0.25) is 35.0 Å². The highest BCUT2D eigenvalue weighted by Crippen LogP contribution is 2.17. The van der Waals surface area contributed by atoms with Gasteiger partial charge in [0.05, 0.1) is 13.1 Å². The number of benzene rings is 3. The molecule has 0 N–H and O–H groups in total. The van der Waals surface area contributed by atoms with Crippen molar-refractivity contribution in [2.75, 3.05) is 45.2 Å². The van der Waals surface area contributed by atoms with Crippen molar-refractivity contribution in [1.29, 1.82) is 0 Å². The average Bonchev–Trinajstić information content (AvgIpc) is 3.72. The molecule has 0 bridgehead atoms. The van der Waals surface area contributed by atoms with Gasteiger partial charge in [-0.3, -0.25) is 14.5 Å². The van der Waals surface area contributed by atoms with Crippen molar-refractivity contribution >= 4 is 17.3 Å². The molecule has 6 rings (SSSR count). The maximum atomic E-state index is 13.0. The molecule has 0 spiro atoms. The number of para-hydroxylation sites is 1. The van der Waals surface area contributed by atoms with E-state index in [1.54, 1.807) is 0 Å². The van der Waals surface area contributed by atoms with Gasteiger partial charge in [0.1, 0.15) is 11.6 Å². The summed E-state index contributed by atoms with van der Waals surface area (Å²) in [6.07, 6.45) is 0. The molecule has 0 aliphatic carbocycles. The van der Waals surface area contributed by atoms with Crippen LogP contribution < -0.4 is 4.90 Å². The maximum Gasteiger partial charge on any atom is 0.243 e.